The molecule has 0 saturated heterocycles. The second kappa shape index (κ2) is 10.1. The summed E-state index contributed by atoms with van der Waals surface area (Å²) in [4.78, 5) is 21.4. The Labute approximate surface area is 195 Å². The number of aromatic nitrogens is 1. The van der Waals surface area contributed by atoms with E-state index in [-0.39, 0.29) is 17.5 Å². The molecule has 5 heteroatoms. The molecule has 2 N–H and O–H groups in total. The van der Waals surface area contributed by atoms with Crippen molar-refractivity contribution in [3.8, 4) is 5.75 Å². The lowest BCUT2D eigenvalue weighted by molar-refractivity contribution is -0.116. The SMILES string of the molecule is CCCC(O)=C1C(=O)CC(c2ccccc2)CC1=NCCc1c(C)[nH]c2ccc(OC)cc12. The first-order chi connectivity index (χ1) is 16.0. The largest absolute Gasteiger partial charge is 0.511 e. The minimum atomic E-state index is -0.00665. The van der Waals surface area contributed by atoms with E-state index in [4.69, 9.17) is 9.73 Å². The lowest BCUT2D eigenvalue weighted by atomic mass is 9.78. The van der Waals surface area contributed by atoms with E-state index in [1.54, 1.807) is 7.11 Å². The van der Waals surface area contributed by atoms with Gasteiger partial charge in [-0.1, -0.05) is 37.3 Å². The highest BCUT2D eigenvalue weighted by Gasteiger charge is 2.32. The number of allylic oxidation sites excluding steroid dienone is 2. The van der Waals surface area contributed by atoms with Crippen LogP contribution in [-0.4, -0.2) is 35.2 Å². The van der Waals surface area contributed by atoms with Crippen molar-refractivity contribution in [1.29, 1.82) is 0 Å². The fraction of sp³-hybridized carbons (Fsp3) is 0.357. The third-order valence-corrected chi connectivity index (χ3v) is 6.48. The van der Waals surface area contributed by atoms with Crippen LogP contribution in [0, 0.1) is 6.92 Å². The Hall–Kier alpha value is -3.34. The van der Waals surface area contributed by atoms with Gasteiger partial charge >= 0.3 is 0 Å². The van der Waals surface area contributed by atoms with Gasteiger partial charge in [0.1, 0.15) is 11.5 Å². The molecule has 2 aromatic carbocycles. The van der Waals surface area contributed by atoms with Gasteiger partial charge < -0.3 is 14.8 Å². The number of nitrogens with one attached hydrogen (secondary N) is 1. The molecule has 0 aliphatic heterocycles. The summed E-state index contributed by atoms with van der Waals surface area (Å²) in [6.07, 6.45) is 3.10. The van der Waals surface area contributed by atoms with Gasteiger partial charge in [-0.25, -0.2) is 0 Å². The van der Waals surface area contributed by atoms with Crippen molar-refractivity contribution in [2.75, 3.05) is 13.7 Å². The molecule has 1 aliphatic rings. The Morgan fingerprint density at radius 1 is 1.18 bits per heavy atom. The molecule has 1 fully saturated rings. The smallest absolute Gasteiger partial charge is 0.168 e. The zero-order valence-electron chi connectivity index (χ0n) is 19.6. The Kier molecular flexibility index (Phi) is 6.97. The summed E-state index contributed by atoms with van der Waals surface area (Å²) < 4.78 is 5.40. The first-order valence-corrected chi connectivity index (χ1v) is 11.7. The Morgan fingerprint density at radius 2 is 1.97 bits per heavy atom. The Morgan fingerprint density at radius 3 is 2.70 bits per heavy atom. The molecule has 0 spiro atoms. The number of aliphatic hydroxyl groups is 1. The van der Waals surface area contributed by atoms with Crippen LogP contribution in [-0.2, 0) is 11.2 Å². The summed E-state index contributed by atoms with van der Waals surface area (Å²) in [5.74, 6) is 1.09. The van der Waals surface area contributed by atoms with Crippen LogP contribution in [0.5, 0.6) is 5.75 Å². The number of benzene rings is 2. The molecule has 0 amide bonds. The number of fused-ring (bicyclic) bond motifs is 1. The van der Waals surface area contributed by atoms with Gasteiger partial charge in [-0.15, -0.1) is 0 Å². The van der Waals surface area contributed by atoms with E-state index in [0.717, 1.165) is 46.5 Å². The maximum absolute atomic E-state index is 13.1. The molecule has 1 unspecified atom stereocenters. The van der Waals surface area contributed by atoms with Crippen LogP contribution in [0.25, 0.3) is 10.9 Å². The number of nitrogens with zero attached hydrogens (tertiary/aromatic N) is 1. The molecule has 33 heavy (non-hydrogen) atoms. The molecule has 1 atom stereocenters. The topological polar surface area (TPSA) is 74.7 Å². The number of aliphatic hydroxyl groups excluding tert-OH is 1. The highest BCUT2D eigenvalue weighted by Crippen LogP contribution is 2.34. The second-order valence-corrected chi connectivity index (χ2v) is 8.73. The van der Waals surface area contributed by atoms with Gasteiger partial charge in [0.05, 0.1) is 12.7 Å². The van der Waals surface area contributed by atoms with Gasteiger partial charge in [-0.3, -0.25) is 9.79 Å². The standard InChI is InChI=1S/C28H32N2O3/c1-4-8-26(31)28-25(15-20(16-27(28)32)19-9-6-5-7-10-19)29-14-13-22-18(2)30-24-12-11-21(33-3)17-23(22)24/h5-7,9-12,17,20,30-31H,4,8,13-16H2,1-3H3. The van der Waals surface area contributed by atoms with E-state index in [9.17, 15) is 9.90 Å². The molecule has 172 valence electrons. The number of H-pyrrole nitrogens is 1. The van der Waals surface area contributed by atoms with Crippen LogP contribution in [0.15, 0.2) is 64.9 Å². The van der Waals surface area contributed by atoms with Crippen molar-refractivity contribution in [2.45, 2.75) is 51.9 Å². The number of carbonyl (C=O) groups is 1. The number of rotatable bonds is 7. The van der Waals surface area contributed by atoms with E-state index >= 15 is 0 Å². The van der Waals surface area contributed by atoms with Crippen LogP contribution in [0.4, 0.5) is 0 Å². The van der Waals surface area contributed by atoms with Gasteiger partial charge in [-0.05, 0) is 61.4 Å². The summed E-state index contributed by atoms with van der Waals surface area (Å²) in [6.45, 7) is 4.63. The molecule has 4 rings (SSSR count). The first-order valence-electron chi connectivity index (χ1n) is 11.7. The van der Waals surface area contributed by atoms with Gasteiger partial charge in [0.25, 0.3) is 0 Å². The van der Waals surface area contributed by atoms with Crippen molar-refractivity contribution in [2.24, 2.45) is 4.99 Å². The molecule has 0 bridgehead atoms. The van der Waals surface area contributed by atoms with Crippen molar-refractivity contribution in [1.82, 2.24) is 4.98 Å². The summed E-state index contributed by atoms with van der Waals surface area (Å²) in [5.41, 5.74) is 5.73. The fourth-order valence-corrected chi connectivity index (χ4v) is 4.80. The number of hydrogen-bond donors (Lipinski definition) is 2. The highest BCUT2D eigenvalue weighted by molar-refractivity contribution is 6.24. The molecule has 0 radical (unpaired) electrons. The monoisotopic (exact) mass is 444 g/mol. The zero-order chi connectivity index (χ0) is 23.4. The Balaban J connectivity index is 1.63. The van der Waals surface area contributed by atoms with E-state index in [0.29, 0.717) is 31.4 Å². The number of aryl methyl sites for hydroxylation is 1. The minimum absolute atomic E-state index is 0.00665. The predicted molar refractivity (Wildman–Crippen MR) is 134 cm³/mol. The summed E-state index contributed by atoms with van der Waals surface area (Å²) in [7, 11) is 1.67. The molecule has 1 aromatic heterocycles. The lowest BCUT2D eigenvalue weighted by Crippen LogP contribution is -2.27. The number of aromatic amines is 1. The first kappa shape index (κ1) is 22.8. The minimum Gasteiger partial charge on any atom is -0.511 e. The fourth-order valence-electron chi connectivity index (χ4n) is 4.80. The van der Waals surface area contributed by atoms with Crippen molar-refractivity contribution < 1.29 is 14.6 Å². The van der Waals surface area contributed by atoms with Crippen LogP contribution < -0.4 is 4.74 Å². The molecule has 1 aliphatic carbocycles. The van der Waals surface area contributed by atoms with E-state index in [1.807, 2.05) is 37.3 Å². The quantitative estimate of drug-likeness (QED) is 0.335. The number of Topliss-reactive ketones (excluding diaryl/α,β-unsaturated/α-hetero) is 1. The summed E-state index contributed by atoms with van der Waals surface area (Å²) in [5, 5.41) is 11.8. The number of carbonyl (C=O) groups excluding carboxylic acids is 1. The van der Waals surface area contributed by atoms with Crippen LogP contribution >= 0.6 is 0 Å². The number of ether oxygens (including phenoxy) is 1. The van der Waals surface area contributed by atoms with Crippen molar-refractivity contribution >= 4 is 22.4 Å². The average molecular weight is 445 g/mol. The van der Waals surface area contributed by atoms with Crippen LogP contribution in [0.3, 0.4) is 0 Å². The summed E-state index contributed by atoms with van der Waals surface area (Å²) >= 11 is 0. The van der Waals surface area contributed by atoms with Crippen molar-refractivity contribution in [3.05, 3.63) is 76.7 Å². The average Bonchev–Trinajstić information content (AvgIpc) is 3.13. The molecular formula is C28H32N2O3. The molecule has 1 saturated carbocycles. The number of hydrogen-bond acceptors (Lipinski definition) is 4. The number of aliphatic imine (C=N–C) groups is 1. The van der Waals surface area contributed by atoms with E-state index in [1.165, 1.54) is 5.56 Å². The normalized spacial score (nSPS) is 19.3. The highest BCUT2D eigenvalue weighted by atomic mass is 16.5. The Bertz CT molecular complexity index is 1200. The zero-order valence-corrected chi connectivity index (χ0v) is 19.6. The van der Waals surface area contributed by atoms with Gasteiger partial charge in [0.15, 0.2) is 5.78 Å². The second-order valence-electron chi connectivity index (χ2n) is 8.73. The van der Waals surface area contributed by atoms with Crippen LogP contribution in [0.1, 0.15) is 55.3 Å². The molecule has 1 heterocycles. The summed E-state index contributed by atoms with van der Waals surface area (Å²) in [6, 6.07) is 16.2. The van der Waals surface area contributed by atoms with E-state index < -0.39 is 0 Å². The number of ketones is 1. The molecule has 3 aromatic rings. The maximum Gasteiger partial charge on any atom is 0.168 e. The number of methoxy groups -OCH3 is 1. The van der Waals surface area contributed by atoms with E-state index in [2.05, 4.69) is 30.1 Å². The molecular weight excluding hydrogens is 412 g/mol. The van der Waals surface area contributed by atoms with Gasteiger partial charge in [0, 0.05) is 41.7 Å². The lowest BCUT2D eigenvalue weighted by Gasteiger charge is -2.26. The predicted octanol–water partition coefficient (Wildman–Crippen LogP) is 6.23. The van der Waals surface area contributed by atoms with Gasteiger partial charge in [0.2, 0.25) is 0 Å². The maximum atomic E-state index is 13.1. The van der Waals surface area contributed by atoms with Crippen molar-refractivity contribution in [3.63, 3.8) is 0 Å². The molecule has 5 nitrogen and oxygen atoms in total. The third-order valence-electron chi connectivity index (χ3n) is 6.48. The van der Waals surface area contributed by atoms with Crippen LogP contribution in [0.2, 0.25) is 0 Å². The van der Waals surface area contributed by atoms with Gasteiger partial charge in [-0.2, -0.15) is 0 Å². The third kappa shape index (κ3) is 4.87.